The van der Waals surface area contributed by atoms with Crippen LogP contribution in [0.5, 0.6) is 0 Å². The van der Waals surface area contributed by atoms with E-state index in [0.29, 0.717) is 12.1 Å². The zero-order valence-corrected chi connectivity index (χ0v) is 12.8. The number of nitrogens with zero attached hydrogens (tertiary/aromatic N) is 1. The minimum atomic E-state index is -3.25. The Morgan fingerprint density at radius 3 is 2.62 bits per heavy atom. The molecule has 0 fully saturated rings. The molecule has 1 aromatic rings. The first-order valence-corrected chi connectivity index (χ1v) is 8.86. The molecule has 2 aliphatic rings. The van der Waals surface area contributed by atoms with Crippen molar-refractivity contribution in [1.29, 1.82) is 0 Å². The van der Waals surface area contributed by atoms with Crippen molar-refractivity contribution in [2.75, 3.05) is 6.26 Å². The van der Waals surface area contributed by atoms with Crippen molar-refractivity contribution in [3.8, 4) is 0 Å². The quantitative estimate of drug-likeness (QED) is 0.782. The first-order valence-electron chi connectivity index (χ1n) is 6.91. The SMILES string of the molecule is C[C@H]1C(S(C)(=O)=O)c2ccccc2C[C@H]1C1=NOC(=O)C1. The third-order valence-corrected chi connectivity index (χ3v) is 6.00. The molecule has 3 rings (SSSR count). The second-order valence-electron chi connectivity index (χ2n) is 5.84. The summed E-state index contributed by atoms with van der Waals surface area (Å²) >= 11 is 0. The number of rotatable bonds is 2. The van der Waals surface area contributed by atoms with E-state index in [1.54, 1.807) is 0 Å². The Morgan fingerprint density at radius 2 is 2.00 bits per heavy atom. The maximum atomic E-state index is 12.2. The maximum absolute atomic E-state index is 12.2. The van der Waals surface area contributed by atoms with Gasteiger partial charge in [-0.05, 0) is 23.5 Å². The molecule has 1 aliphatic carbocycles. The van der Waals surface area contributed by atoms with Crippen molar-refractivity contribution in [2.45, 2.75) is 25.0 Å². The van der Waals surface area contributed by atoms with Crippen molar-refractivity contribution < 1.29 is 18.0 Å². The van der Waals surface area contributed by atoms with E-state index in [4.69, 9.17) is 0 Å². The molecule has 3 atom stereocenters. The normalized spacial score (nSPS) is 28.8. The van der Waals surface area contributed by atoms with Gasteiger partial charge in [0.15, 0.2) is 9.84 Å². The van der Waals surface area contributed by atoms with Crippen LogP contribution in [0.3, 0.4) is 0 Å². The Bertz CT molecular complexity index is 723. The summed E-state index contributed by atoms with van der Waals surface area (Å²) in [6.45, 7) is 1.91. The number of fused-ring (bicyclic) bond motifs is 1. The summed E-state index contributed by atoms with van der Waals surface area (Å²) in [6.07, 6.45) is 2.12. The van der Waals surface area contributed by atoms with Gasteiger partial charge in [0.2, 0.25) is 0 Å². The van der Waals surface area contributed by atoms with Crippen molar-refractivity contribution in [3.05, 3.63) is 35.4 Å². The molecule has 112 valence electrons. The fraction of sp³-hybridized carbons (Fsp3) is 0.467. The van der Waals surface area contributed by atoms with E-state index in [2.05, 4.69) is 9.99 Å². The molecule has 0 saturated heterocycles. The molecule has 1 aromatic carbocycles. The lowest BCUT2D eigenvalue weighted by Crippen LogP contribution is -2.36. The molecule has 6 heteroatoms. The fourth-order valence-electron chi connectivity index (χ4n) is 3.48. The number of carbonyl (C=O) groups is 1. The molecule has 1 unspecified atom stereocenters. The van der Waals surface area contributed by atoms with Gasteiger partial charge < -0.3 is 4.84 Å². The smallest absolute Gasteiger partial charge is 0.318 e. The number of hydrogen-bond acceptors (Lipinski definition) is 5. The van der Waals surface area contributed by atoms with Gasteiger partial charge in [0.25, 0.3) is 0 Å². The third kappa shape index (κ3) is 2.48. The first kappa shape index (κ1) is 14.3. The Labute approximate surface area is 123 Å². The van der Waals surface area contributed by atoms with E-state index in [-0.39, 0.29) is 24.2 Å². The highest BCUT2D eigenvalue weighted by atomic mass is 32.2. The molecule has 0 N–H and O–H groups in total. The Morgan fingerprint density at radius 1 is 1.29 bits per heavy atom. The van der Waals surface area contributed by atoms with Gasteiger partial charge in [-0.3, -0.25) is 0 Å². The highest BCUT2D eigenvalue weighted by Crippen LogP contribution is 2.43. The van der Waals surface area contributed by atoms with Crippen LogP contribution < -0.4 is 0 Å². The minimum Gasteiger partial charge on any atom is -0.318 e. The van der Waals surface area contributed by atoms with Crippen molar-refractivity contribution in [1.82, 2.24) is 0 Å². The first-order chi connectivity index (χ1) is 9.88. The average Bonchev–Trinajstić information content (AvgIpc) is 2.83. The van der Waals surface area contributed by atoms with Crippen LogP contribution in [0.2, 0.25) is 0 Å². The molecule has 1 aliphatic heterocycles. The summed E-state index contributed by atoms with van der Waals surface area (Å²) in [6, 6.07) is 7.60. The second-order valence-corrected chi connectivity index (χ2v) is 8.01. The third-order valence-electron chi connectivity index (χ3n) is 4.39. The number of hydrogen-bond donors (Lipinski definition) is 0. The molecule has 0 aromatic heterocycles. The predicted molar refractivity (Wildman–Crippen MR) is 78.5 cm³/mol. The van der Waals surface area contributed by atoms with E-state index in [1.807, 2.05) is 31.2 Å². The van der Waals surface area contributed by atoms with Crippen LogP contribution in [-0.2, 0) is 25.9 Å². The minimum absolute atomic E-state index is 0.0777. The van der Waals surface area contributed by atoms with E-state index in [9.17, 15) is 13.2 Å². The maximum Gasteiger partial charge on any atom is 0.340 e. The predicted octanol–water partition coefficient (Wildman–Crippen LogP) is 1.88. The van der Waals surface area contributed by atoms with Gasteiger partial charge in [-0.15, -0.1) is 0 Å². The molecule has 0 saturated carbocycles. The van der Waals surface area contributed by atoms with Crippen LogP contribution in [0, 0.1) is 11.8 Å². The van der Waals surface area contributed by atoms with Crippen LogP contribution >= 0.6 is 0 Å². The van der Waals surface area contributed by atoms with Crippen LogP contribution in [0.1, 0.15) is 29.7 Å². The van der Waals surface area contributed by atoms with Gasteiger partial charge in [-0.25, -0.2) is 13.2 Å². The van der Waals surface area contributed by atoms with Crippen LogP contribution in [-0.4, -0.2) is 26.4 Å². The number of carbonyl (C=O) groups excluding carboxylic acids is 1. The Balaban J connectivity index is 2.07. The molecule has 5 nitrogen and oxygen atoms in total. The number of benzene rings is 1. The lowest BCUT2D eigenvalue weighted by molar-refractivity contribution is -0.140. The van der Waals surface area contributed by atoms with Gasteiger partial charge in [-0.2, -0.15) is 0 Å². The van der Waals surface area contributed by atoms with Gasteiger partial charge >= 0.3 is 5.97 Å². The highest BCUT2D eigenvalue weighted by molar-refractivity contribution is 7.90. The zero-order valence-electron chi connectivity index (χ0n) is 11.9. The molecular formula is C15H17NO4S. The summed E-state index contributed by atoms with van der Waals surface area (Å²) in [5, 5.41) is 3.29. The molecule has 0 spiro atoms. The van der Waals surface area contributed by atoms with Crippen molar-refractivity contribution >= 4 is 21.5 Å². The monoisotopic (exact) mass is 307 g/mol. The van der Waals surface area contributed by atoms with E-state index < -0.39 is 15.1 Å². The summed E-state index contributed by atoms with van der Waals surface area (Å²) in [5.74, 6) is -0.582. The van der Waals surface area contributed by atoms with Crippen LogP contribution in [0.4, 0.5) is 0 Å². The van der Waals surface area contributed by atoms with E-state index >= 15 is 0 Å². The van der Waals surface area contributed by atoms with Crippen molar-refractivity contribution in [2.24, 2.45) is 17.0 Å². The number of sulfone groups is 1. The summed E-state index contributed by atoms with van der Waals surface area (Å²) in [7, 11) is -3.25. The average molecular weight is 307 g/mol. The van der Waals surface area contributed by atoms with Crippen LogP contribution in [0.25, 0.3) is 0 Å². The molecule has 0 bridgehead atoms. The summed E-state index contributed by atoms with van der Waals surface area (Å²) in [4.78, 5) is 15.9. The summed E-state index contributed by atoms with van der Waals surface area (Å²) < 4.78 is 24.5. The van der Waals surface area contributed by atoms with Gasteiger partial charge in [0.1, 0.15) is 0 Å². The van der Waals surface area contributed by atoms with Crippen LogP contribution in [0.15, 0.2) is 29.4 Å². The molecule has 0 radical (unpaired) electrons. The number of oxime groups is 1. The lowest BCUT2D eigenvalue weighted by atomic mass is 9.73. The van der Waals surface area contributed by atoms with Gasteiger partial charge in [-0.1, -0.05) is 36.3 Å². The lowest BCUT2D eigenvalue weighted by Gasteiger charge is -2.36. The standard InChI is InChI=1S/C15H17NO4S/c1-9-12(13-8-14(17)20-16-13)7-10-5-3-4-6-11(10)15(9)21(2,18)19/h3-6,9,12,15H,7-8H2,1-2H3/t9-,12-,15?/m1/s1. The molecule has 1 heterocycles. The fourth-order valence-corrected chi connectivity index (χ4v) is 5.14. The van der Waals surface area contributed by atoms with Gasteiger partial charge in [0.05, 0.1) is 17.4 Å². The summed E-state index contributed by atoms with van der Waals surface area (Å²) in [5.41, 5.74) is 2.54. The topological polar surface area (TPSA) is 72.8 Å². The van der Waals surface area contributed by atoms with Gasteiger partial charge in [0, 0.05) is 12.2 Å². The molecule has 0 amide bonds. The zero-order chi connectivity index (χ0) is 15.2. The van der Waals surface area contributed by atoms with Crippen molar-refractivity contribution in [3.63, 3.8) is 0 Å². The molecular weight excluding hydrogens is 290 g/mol. The van der Waals surface area contributed by atoms with E-state index in [1.165, 1.54) is 6.26 Å². The second kappa shape index (κ2) is 4.94. The van der Waals surface area contributed by atoms with E-state index in [0.717, 1.165) is 11.1 Å². The largest absolute Gasteiger partial charge is 0.340 e. The molecule has 21 heavy (non-hydrogen) atoms. The Hall–Kier alpha value is -1.69. The highest BCUT2D eigenvalue weighted by Gasteiger charge is 2.42. The Kier molecular flexibility index (Phi) is 3.36.